The number of rotatable bonds is 6. The number of nitrogens with zero attached hydrogens (tertiary/aromatic N) is 1. The maximum absolute atomic E-state index is 12.7. The molecule has 0 radical (unpaired) electrons. The summed E-state index contributed by atoms with van der Waals surface area (Å²) in [6.07, 6.45) is 4.23. The summed E-state index contributed by atoms with van der Waals surface area (Å²) in [5, 5.41) is 3.52. The minimum Gasteiger partial charge on any atom is -0.492 e. The minimum absolute atomic E-state index is 0.283. The van der Waals surface area contributed by atoms with Crippen molar-refractivity contribution >= 4 is 11.7 Å². The molecule has 6 heteroatoms. The maximum Gasteiger partial charge on any atom is 0.340 e. The summed E-state index contributed by atoms with van der Waals surface area (Å²) >= 11 is 0. The van der Waals surface area contributed by atoms with Crippen LogP contribution in [0.4, 0.5) is 5.69 Å². The van der Waals surface area contributed by atoms with Crippen molar-refractivity contribution in [2.24, 2.45) is 0 Å². The van der Waals surface area contributed by atoms with Gasteiger partial charge in [0.1, 0.15) is 18.0 Å². The molecule has 1 aromatic carbocycles. The quantitative estimate of drug-likeness (QED) is 0.748. The third-order valence-corrected chi connectivity index (χ3v) is 5.30. The highest BCUT2D eigenvalue weighted by Gasteiger charge is 2.24. The lowest BCUT2D eigenvalue weighted by atomic mass is 10.1. The van der Waals surface area contributed by atoms with E-state index >= 15 is 0 Å². The Labute approximate surface area is 168 Å². The van der Waals surface area contributed by atoms with Crippen LogP contribution >= 0.6 is 0 Å². The van der Waals surface area contributed by atoms with E-state index in [9.17, 15) is 4.79 Å². The molecule has 28 heavy (non-hydrogen) atoms. The second-order valence-electron chi connectivity index (χ2n) is 8.83. The molecule has 2 fully saturated rings. The lowest BCUT2D eigenvalue weighted by molar-refractivity contribution is 0.00706. The van der Waals surface area contributed by atoms with Crippen molar-refractivity contribution < 1.29 is 19.0 Å². The van der Waals surface area contributed by atoms with Gasteiger partial charge in [0.15, 0.2) is 0 Å². The molecule has 0 aromatic heterocycles. The Morgan fingerprint density at radius 1 is 1.25 bits per heavy atom. The van der Waals surface area contributed by atoms with Crippen LogP contribution in [0.3, 0.4) is 0 Å². The molecule has 3 rings (SSSR count). The Morgan fingerprint density at radius 2 is 2.00 bits per heavy atom. The van der Waals surface area contributed by atoms with Gasteiger partial charge in [0.05, 0.1) is 11.3 Å². The predicted octanol–water partition coefficient (Wildman–Crippen LogP) is 3.71. The van der Waals surface area contributed by atoms with Crippen molar-refractivity contribution in [2.45, 2.75) is 64.1 Å². The number of benzene rings is 1. The van der Waals surface area contributed by atoms with Gasteiger partial charge in [0.2, 0.25) is 0 Å². The molecule has 0 amide bonds. The first-order valence-electron chi connectivity index (χ1n) is 10.4. The second kappa shape index (κ2) is 9.14. The van der Waals surface area contributed by atoms with E-state index in [0.717, 1.165) is 44.0 Å². The molecule has 1 atom stereocenters. The van der Waals surface area contributed by atoms with E-state index in [0.29, 0.717) is 18.2 Å². The molecule has 0 bridgehead atoms. The first-order chi connectivity index (χ1) is 13.3. The highest BCUT2D eigenvalue weighted by atomic mass is 16.6. The Morgan fingerprint density at radius 3 is 2.64 bits per heavy atom. The number of nitrogens with one attached hydrogen (secondary N) is 1. The molecule has 156 valence electrons. The SMILES string of the molecule is CN1CCC[C@H]1COc1ccc(C(=O)OC(C)(C)C)c(NC2CCOCC2)c1. The van der Waals surface area contributed by atoms with Crippen molar-refractivity contribution in [3.8, 4) is 5.75 Å². The number of ether oxygens (including phenoxy) is 3. The van der Waals surface area contributed by atoms with Crippen molar-refractivity contribution in [2.75, 3.05) is 38.7 Å². The zero-order valence-electron chi connectivity index (χ0n) is 17.6. The average molecular weight is 391 g/mol. The van der Waals surface area contributed by atoms with Gasteiger partial charge in [-0.25, -0.2) is 4.79 Å². The number of carbonyl (C=O) groups excluding carboxylic acids is 1. The van der Waals surface area contributed by atoms with E-state index in [1.807, 2.05) is 39.0 Å². The third kappa shape index (κ3) is 5.85. The number of esters is 1. The fourth-order valence-corrected chi connectivity index (χ4v) is 3.69. The number of carbonyl (C=O) groups is 1. The summed E-state index contributed by atoms with van der Waals surface area (Å²) in [6, 6.07) is 6.35. The summed E-state index contributed by atoms with van der Waals surface area (Å²) in [5.41, 5.74) is 0.792. The van der Waals surface area contributed by atoms with Crippen LogP contribution in [-0.2, 0) is 9.47 Å². The minimum atomic E-state index is -0.532. The van der Waals surface area contributed by atoms with Crippen LogP contribution in [0.15, 0.2) is 18.2 Å². The third-order valence-electron chi connectivity index (χ3n) is 5.30. The number of hydrogen-bond acceptors (Lipinski definition) is 6. The Kier molecular flexibility index (Phi) is 6.83. The van der Waals surface area contributed by atoms with Gasteiger partial charge in [0, 0.05) is 31.4 Å². The van der Waals surface area contributed by atoms with Gasteiger partial charge in [-0.15, -0.1) is 0 Å². The predicted molar refractivity (Wildman–Crippen MR) is 110 cm³/mol. The van der Waals surface area contributed by atoms with Crippen molar-refractivity contribution in [1.82, 2.24) is 4.90 Å². The van der Waals surface area contributed by atoms with Crippen LogP contribution in [0.2, 0.25) is 0 Å². The normalized spacial score (nSPS) is 21.5. The summed E-state index contributed by atoms with van der Waals surface area (Å²) in [6.45, 7) is 8.92. The zero-order chi connectivity index (χ0) is 20.1. The molecule has 0 spiro atoms. The summed E-state index contributed by atoms with van der Waals surface area (Å²) < 4.78 is 17.1. The Hall–Kier alpha value is -1.79. The van der Waals surface area contributed by atoms with Gasteiger partial charge < -0.3 is 24.4 Å². The first-order valence-corrected chi connectivity index (χ1v) is 10.4. The standard InChI is InChI=1S/C22H34N2O4/c1-22(2,3)28-21(25)19-8-7-18(27-15-17-6-5-11-24(17)4)14-20(19)23-16-9-12-26-13-10-16/h7-8,14,16-17,23H,5-6,9-13,15H2,1-4H3/t17-/m0/s1. The Bertz CT molecular complexity index is 665. The van der Waals surface area contributed by atoms with E-state index in [1.54, 1.807) is 0 Å². The van der Waals surface area contributed by atoms with Gasteiger partial charge in [-0.2, -0.15) is 0 Å². The van der Waals surface area contributed by atoms with Crippen molar-refractivity contribution in [3.63, 3.8) is 0 Å². The molecule has 1 aromatic rings. The highest BCUT2D eigenvalue weighted by Crippen LogP contribution is 2.28. The molecule has 6 nitrogen and oxygen atoms in total. The van der Waals surface area contributed by atoms with E-state index in [-0.39, 0.29) is 12.0 Å². The zero-order valence-corrected chi connectivity index (χ0v) is 17.6. The molecule has 2 aliphatic rings. The molecule has 0 unspecified atom stereocenters. The maximum atomic E-state index is 12.7. The van der Waals surface area contributed by atoms with Gasteiger partial charge in [-0.3, -0.25) is 0 Å². The molecule has 2 aliphatic heterocycles. The molecule has 2 heterocycles. The van der Waals surface area contributed by atoms with Crippen LogP contribution in [0.1, 0.15) is 56.8 Å². The topological polar surface area (TPSA) is 60.0 Å². The highest BCUT2D eigenvalue weighted by molar-refractivity contribution is 5.96. The van der Waals surface area contributed by atoms with Crippen LogP contribution in [0, 0.1) is 0 Å². The molecule has 2 saturated heterocycles. The number of likely N-dealkylation sites (N-methyl/N-ethyl adjacent to an activating group) is 1. The summed E-state index contributed by atoms with van der Waals surface area (Å²) in [7, 11) is 2.14. The second-order valence-corrected chi connectivity index (χ2v) is 8.83. The molecular formula is C22H34N2O4. The van der Waals surface area contributed by atoms with Gasteiger partial charge in [0.25, 0.3) is 0 Å². The first kappa shape index (κ1) is 20.9. The van der Waals surface area contributed by atoms with E-state index < -0.39 is 5.60 Å². The van der Waals surface area contributed by atoms with Crippen molar-refractivity contribution in [1.29, 1.82) is 0 Å². The molecule has 0 aliphatic carbocycles. The van der Waals surface area contributed by atoms with Crippen LogP contribution in [0.5, 0.6) is 5.75 Å². The van der Waals surface area contributed by atoms with E-state index in [4.69, 9.17) is 14.2 Å². The van der Waals surface area contributed by atoms with Crippen molar-refractivity contribution in [3.05, 3.63) is 23.8 Å². The van der Waals surface area contributed by atoms with Gasteiger partial charge in [-0.05, 0) is 72.2 Å². The van der Waals surface area contributed by atoms with Crippen LogP contribution in [-0.4, -0.2) is 62.0 Å². The fourth-order valence-electron chi connectivity index (χ4n) is 3.69. The smallest absolute Gasteiger partial charge is 0.340 e. The van der Waals surface area contributed by atoms with Gasteiger partial charge in [-0.1, -0.05) is 0 Å². The molecular weight excluding hydrogens is 356 g/mol. The summed E-state index contributed by atoms with van der Waals surface area (Å²) in [5.74, 6) is 0.464. The average Bonchev–Trinajstić information content (AvgIpc) is 3.04. The monoisotopic (exact) mass is 390 g/mol. The lowest BCUT2D eigenvalue weighted by Crippen LogP contribution is -2.31. The summed E-state index contributed by atoms with van der Waals surface area (Å²) in [4.78, 5) is 15.1. The van der Waals surface area contributed by atoms with Gasteiger partial charge >= 0.3 is 5.97 Å². The number of hydrogen-bond donors (Lipinski definition) is 1. The Balaban J connectivity index is 1.74. The van der Waals surface area contributed by atoms with Crippen LogP contribution < -0.4 is 10.1 Å². The van der Waals surface area contributed by atoms with E-state index in [2.05, 4.69) is 17.3 Å². The number of likely N-dealkylation sites (tertiary alicyclic amines) is 1. The lowest BCUT2D eigenvalue weighted by Gasteiger charge is -2.26. The molecule has 1 N–H and O–H groups in total. The fraction of sp³-hybridized carbons (Fsp3) is 0.682. The van der Waals surface area contributed by atoms with Crippen LogP contribution in [0.25, 0.3) is 0 Å². The number of anilines is 1. The van der Waals surface area contributed by atoms with E-state index in [1.165, 1.54) is 12.8 Å². The molecule has 0 saturated carbocycles. The largest absolute Gasteiger partial charge is 0.492 e.